The van der Waals surface area contributed by atoms with E-state index in [1.807, 2.05) is 24.3 Å². The number of nitrogens with zero attached hydrogens (tertiary/aromatic N) is 3. The van der Waals surface area contributed by atoms with E-state index in [4.69, 9.17) is 14.2 Å². The molecule has 0 saturated heterocycles. The number of aryl methyl sites for hydroxylation is 1. The molecule has 0 saturated carbocycles. The fourth-order valence-corrected chi connectivity index (χ4v) is 3.19. The first-order chi connectivity index (χ1) is 14.2. The fourth-order valence-electron chi connectivity index (χ4n) is 3.19. The maximum atomic E-state index is 12.9. The van der Waals surface area contributed by atoms with Crippen molar-refractivity contribution in [2.45, 2.75) is 13.0 Å². The van der Waals surface area contributed by atoms with Crippen LogP contribution in [0.1, 0.15) is 22.3 Å². The van der Waals surface area contributed by atoms with Crippen LogP contribution in [0.5, 0.6) is 17.4 Å². The minimum Gasteiger partial charge on any atom is -0.490 e. The number of pyridine rings is 1. The minimum atomic E-state index is -0.230. The molecule has 8 nitrogen and oxygen atoms in total. The number of ether oxygens (including phenoxy) is 3. The smallest absolute Gasteiger partial charge is 0.255 e. The largest absolute Gasteiger partial charge is 0.490 e. The van der Waals surface area contributed by atoms with Crippen LogP contribution in [0.15, 0.2) is 42.7 Å². The summed E-state index contributed by atoms with van der Waals surface area (Å²) in [7, 11) is 3.34. The summed E-state index contributed by atoms with van der Waals surface area (Å²) in [4.78, 5) is 17.0. The van der Waals surface area contributed by atoms with E-state index in [0.717, 1.165) is 17.5 Å². The fraction of sp³-hybridized carbons (Fsp3) is 0.286. The van der Waals surface area contributed by atoms with Gasteiger partial charge in [0.2, 0.25) is 5.88 Å². The van der Waals surface area contributed by atoms with E-state index in [-0.39, 0.29) is 5.91 Å². The molecular formula is C21H22N4O4. The Bertz CT molecular complexity index is 1030. The Labute approximate surface area is 168 Å². The third-order valence-corrected chi connectivity index (χ3v) is 4.58. The molecule has 0 aliphatic carbocycles. The van der Waals surface area contributed by atoms with E-state index >= 15 is 0 Å². The Morgan fingerprint density at radius 3 is 2.90 bits per heavy atom. The summed E-state index contributed by atoms with van der Waals surface area (Å²) in [5, 5.41) is 7.40. The van der Waals surface area contributed by atoms with Crippen LogP contribution in [0, 0.1) is 0 Å². The van der Waals surface area contributed by atoms with Crippen LogP contribution in [-0.4, -0.2) is 41.0 Å². The van der Waals surface area contributed by atoms with Gasteiger partial charge in [-0.05, 0) is 24.3 Å². The Kier molecular flexibility index (Phi) is 5.33. The monoisotopic (exact) mass is 394 g/mol. The normalized spacial score (nSPS) is 12.9. The molecule has 1 aromatic carbocycles. The first-order valence-corrected chi connectivity index (χ1v) is 9.35. The number of carbonyl (C=O) groups is 1. The lowest BCUT2D eigenvalue weighted by Crippen LogP contribution is -2.23. The first-order valence-electron chi connectivity index (χ1n) is 9.35. The number of aromatic nitrogens is 3. The van der Waals surface area contributed by atoms with Crippen molar-refractivity contribution in [2.24, 2.45) is 7.05 Å². The van der Waals surface area contributed by atoms with Crippen molar-refractivity contribution >= 4 is 5.91 Å². The summed E-state index contributed by atoms with van der Waals surface area (Å²) in [5.41, 5.74) is 2.65. The lowest BCUT2D eigenvalue weighted by atomic mass is 10.1. The average Bonchev–Trinajstić information content (AvgIpc) is 2.99. The van der Waals surface area contributed by atoms with Crippen LogP contribution in [0.4, 0.5) is 0 Å². The maximum Gasteiger partial charge on any atom is 0.255 e. The van der Waals surface area contributed by atoms with Gasteiger partial charge >= 0.3 is 0 Å². The second-order valence-electron chi connectivity index (χ2n) is 6.63. The van der Waals surface area contributed by atoms with E-state index in [1.165, 1.54) is 0 Å². The van der Waals surface area contributed by atoms with Crippen LogP contribution in [0.3, 0.4) is 0 Å². The van der Waals surface area contributed by atoms with E-state index in [0.29, 0.717) is 48.4 Å². The van der Waals surface area contributed by atoms with Gasteiger partial charge in [0.25, 0.3) is 5.91 Å². The van der Waals surface area contributed by atoms with Crippen LogP contribution in [-0.2, 0) is 13.6 Å². The zero-order valence-electron chi connectivity index (χ0n) is 16.3. The SMILES string of the molecule is COc1ncccc1CNC(=O)c1cn(C)nc1-c1ccc2c(c1)OCCCO2. The summed E-state index contributed by atoms with van der Waals surface area (Å²) >= 11 is 0. The van der Waals surface area contributed by atoms with E-state index in [1.54, 1.807) is 37.3 Å². The highest BCUT2D eigenvalue weighted by atomic mass is 16.5. The molecule has 0 bridgehead atoms. The van der Waals surface area contributed by atoms with Gasteiger partial charge in [0.05, 0.1) is 25.9 Å². The number of hydrogen-bond acceptors (Lipinski definition) is 6. The van der Waals surface area contributed by atoms with Gasteiger partial charge in [0.1, 0.15) is 5.69 Å². The molecule has 1 N–H and O–H groups in total. The van der Waals surface area contributed by atoms with Crippen molar-refractivity contribution in [3.05, 3.63) is 53.9 Å². The maximum absolute atomic E-state index is 12.9. The predicted molar refractivity (Wildman–Crippen MR) is 106 cm³/mol. The third kappa shape index (κ3) is 4.01. The molecule has 0 spiro atoms. The summed E-state index contributed by atoms with van der Waals surface area (Å²) in [6.45, 7) is 1.52. The Morgan fingerprint density at radius 1 is 1.24 bits per heavy atom. The van der Waals surface area contributed by atoms with Crippen LogP contribution in [0.25, 0.3) is 11.3 Å². The highest BCUT2D eigenvalue weighted by Gasteiger charge is 2.20. The van der Waals surface area contributed by atoms with E-state index in [9.17, 15) is 4.79 Å². The van der Waals surface area contributed by atoms with Gasteiger partial charge < -0.3 is 19.5 Å². The number of methoxy groups -OCH3 is 1. The number of amides is 1. The van der Waals surface area contributed by atoms with Gasteiger partial charge in [-0.1, -0.05) is 6.07 Å². The predicted octanol–water partition coefficient (Wildman–Crippen LogP) is 2.58. The molecule has 0 atom stereocenters. The summed E-state index contributed by atoms with van der Waals surface area (Å²) in [5.74, 6) is 1.63. The average molecular weight is 394 g/mol. The molecule has 0 fully saturated rings. The molecule has 150 valence electrons. The van der Waals surface area contributed by atoms with Gasteiger partial charge in [-0.3, -0.25) is 9.48 Å². The first kappa shape index (κ1) is 18.8. The van der Waals surface area contributed by atoms with Crippen molar-refractivity contribution < 1.29 is 19.0 Å². The molecule has 8 heteroatoms. The molecule has 0 radical (unpaired) electrons. The lowest BCUT2D eigenvalue weighted by Gasteiger charge is -2.10. The second-order valence-corrected chi connectivity index (χ2v) is 6.63. The second kappa shape index (κ2) is 8.22. The van der Waals surface area contributed by atoms with Crippen molar-refractivity contribution in [2.75, 3.05) is 20.3 Å². The minimum absolute atomic E-state index is 0.230. The van der Waals surface area contributed by atoms with Gasteiger partial charge in [-0.2, -0.15) is 5.10 Å². The molecule has 2 aromatic heterocycles. The van der Waals surface area contributed by atoms with Gasteiger partial charge in [-0.15, -0.1) is 0 Å². The molecule has 4 rings (SSSR count). The Balaban J connectivity index is 1.58. The van der Waals surface area contributed by atoms with Gasteiger partial charge in [0, 0.05) is 43.5 Å². The lowest BCUT2D eigenvalue weighted by molar-refractivity contribution is 0.0951. The van der Waals surface area contributed by atoms with Gasteiger partial charge in [0.15, 0.2) is 11.5 Å². The highest BCUT2D eigenvalue weighted by molar-refractivity contribution is 5.99. The summed E-state index contributed by atoms with van der Waals surface area (Å²) in [6.07, 6.45) is 4.18. The van der Waals surface area contributed by atoms with Crippen molar-refractivity contribution in [3.63, 3.8) is 0 Å². The topological polar surface area (TPSA) is 87.5 Å². The zero-order valence-corrected chi connectivity index (χ0v) is 16.3. The molecule has 0 unspecified atom stereocenters. The zero-order chi connectivity index (χ0) is 20.2. The quantitative estimate of drug-likeness (QED) is 0.716. The molecule has 3 heterocycles. The summed E-state index contributed by atoms with van der Waals surface area (Å²) in [6, 6.07) is 9.27. The molecule has 29 heavy (non-hydrogen) atoms. The number of hydrogen-bond donors (Lipinski definition) is 1. The number of nitrogens with one attached hydrogen (secondary N) is 1. The molecule has 1 amide bonds. The Morgan fingerprint density at radius 2 is 2.07 bits per heavy atom. The third-order valence-electron chi connectivity index (χ3n) is 4.58. The number of fused-ring (bicyclic) bond motifs is 1. The van der Waals surface area contributed by atoms with Crippen molar-refractivity contribution in [1.82, 2.24) is 20.1 Å². The molecular weight excluding hydrogens is 372 g/mol. The Hall–Kier alpha value is -3.55. The van der Waals surface area contributed by atoms with Crippen molar-refractivity contribution in [3.8, 4) is 28.6 Å². The number of benzene rings is 1. The van der Waals surface area contributed by atoms with E-state index < -0.39 is 0 Å². The summed E-state index contributed by atoms with van der Waals surface area (Å²) < 4.78 is 18.3. The highest BCUT2D eigenvalue weighted by Crippen LogP contribution is 2.34. The van der Waals surface area contributed by atoms with Crippen LogP contribution >= 0.6 is 0 Å². The van der Waals surface area contributed by atoms with E-state index in [2.05, 4.69) is 15.4 Å². The standard InChI is InChI=1S/C21H22N4O4/c1-25-13-16(20(26)23-12-15-5-3-8-22-21(15)27-2)19(24-25)14-6-7-17-18(11-14)29-10-4-9-28-17/h3,5-8,11,13H,4,9-10,12H2,1-2H3,(H,23,26). The molecule has 1 aliphatic rings. The number of carbonyl (C=O) groups excluding carboxylic acids is 1. The van der Waals surface area contributed by atoms with Crippen LogP contribution < -0.4 is 19.5 Å². The van der Waals surface area contributed by atoms with Gasteiger partial charge in [-0.25, -0.2) is 4.98 Å². The van der Waals surface area contributed by atoms with Crippen molar-refractivity contribution in [1.29, 1.82) is 0 Å². The molecule has 3 aromatic rings. The molecule has 1 aliphatic heterocycles. The van der Waals surface area contributed by atoms with Crippen LogP contribution in [0.2, 0.25) is 0 Å². The number of rotatable bonds is 5.